The molecular formula is C32H43NO13S4. The maximum atomic E-state index is 12.1. The van der Waals surface area contributed by atoms with Crippen LogP contribution in [0.25, 0.3) is 0 Å². The van der Waals surface area contributed by atoms with E-state index in [9.17, 15) is 51.9 Å². The summed E-state index contributed by atoms with van der Waals surface area (Å²) in [6.07, 6.45) is 5.17. The number of rotatable bonds is 17. The Kier molecular flexibility index (Phi) is 12.7. The molecule has 2 aromatic carbocycles. The Hall–Kier alpha value is -2.94. The molecule has 0 radical (unpaired) electrons. The van der Waals surface area contributed by atoms with Gasteiger partial charge in [-0.05, 0) is 98.2 Å². The fourth-order valence-corrected chi connectivity index (χ4v) is 8.39. The Bertz CT molecular complexity index is 2120. The zero-order valence-electron chi connectivity index (χ0n) is 28.1. The molecule has 0 aromatic heterocycles. The number of anilines is 1. The fourth-order valence-electron chi connectivity index (χ4n) is 6.36. The standard InChI is InChI=1S/C32H43NO13S4/c1-23-11-12-25(49(40,41)42)21-27(23)31(3,15-7-19-47(34,35)36)24(2)9-6-10-30-32(4,16-8-20-48(37,38)39)28-22-26(50(43,44)45)13-14-29(28)33(30)17-18-46-5/h6,9-14,21-22H,2,7-8,15-20H2,1,3-5H3,(H,34,35,36)(H,37,38,39)(H,40,41,42)(H,43,44,45)/b9-6+,30-10+. The molecule has 1 heterocycles. The second-order valence-electron chi connectivity index (χ2n) is 12.6. The number of hydrogen-bond acceptors (Lipinski definition) is 10. The molecule has 0 spiro atoms. The van der Waals surface area contributed by atoms with Gasteiger partial charge in [-0.25, -0.2) is 0 Å². The number of aryl methyl sites for hydroxylation is 1. The van der Waals surface area contributed by atoms with E-state index in [0.29, 0.717) is 33.6 Å². The van der Waals surface area contributed by atoms with Gasteiger partial charge in [-0.2, -0.15) is 33.7 Å². The molecule has 0 aliphatic carbocycles. The minimum absolute atomic E-state index is 0.00796. The fraction of sp³-hybridized carbons (Fsp3) is 0.438. The highest BCUT2D eigenvalue weighted by Gasteiger charge is 2.44. The molecule has 18 heteroatoms. The highest BCUT2D eigenvalue weighted by Crippen LogP contribution is 2.51. The Morgan fingerprint density at radius 3 is 2.02 bits per heavy atom. The van der Waals surface area contributed by atoms with E-state index >= 15 is 0 Å². The molecule has 0 bridgehead atoms. The van der Waals surface area contributed by atoms with Crippen molar-refractivity contribution in [3.05, 3.63) is 89.2 Å². The summed E-state index contributed by atoms with van der Waals surface area (Å²) in [5.74, 6) is -1.13. The topological polar surface area (TPSA) is 230 Å². The summed E-state index contributed by atoms with van der Waals surface area (Å²) in [6.45, 7) is 9.95. The van der Waals surface area contributed by atoms with Gasteiger partial charge >= 0.3 is 0 Å². The van der Waals surface area contributed by atoms with E-state index in [4.69, 9.17) is 4.74 Å². The third kappa shape index (κ3) is 10.1. The maximum Gasteiger partial charge on any atom is 0.294 e. The van der Waals surface area contributed by atoms with Gasteiger partial charge < -0.3 is 9.64 Å². The molecule has 278 valence electrons. The van der Waals surface area contributed by atoms with Crippen LogP contribution in [-0.2, 0) is 56.0 Å². The molecule has 50 heavy (non-hydrogen) atoms. The second-order valence-corrected chi connectivity index (χ2v) is 18.6. The molecule has 0 fully saturated rings. The highest BCUT2D eigenvalue weighted by atomic mass is 32.2. The maximum absolute atomic E-state index is 12.1. The lowest BCUT2D eigenvalue weighted by Crippen LogP contribution is -2.31. The summed E-state index contributed by atoms with van der Waals surface area (Å²) >= 11 is 0. The molecule has 0 saturated heterocycles. The normalized spacial score (nSPS) is 19.2. The number of hydrogen-bond donors (Lipinski definition) is 4. The Labute approximate surface area is 294 Å². The molecule has 1 aliphatic heterocycles. The first kappa shape index (κ1) is 41.5. The van der Waals surface area contributed by atoms with E-state index in [-0.39, 0.29) is 48.6 Å². The number of nitrogens with zero attached hydrogens (tertiary/aromatic N) is 1. The minimum atomic E-state index is -4.60. The van der Waals surface area contributed by atoms with Crippen LogP contribution < -0.4 is 4.90 Å². The van der Waals surface area contributed by atoms with Crippen molar-refractivity contribution in [2.45, 2.75) is 67.1 Å². The SMILES string of the molecule is C=C(/C=C/C=C1/N(CCOC)c2ccc(S(=O)(=O)O)cc2C1(C)CCCS(=O)(=O)O)C(C)(CCCS(=O)(=O)O)c1cc(S(=O)(=O)O)ccc1C. The summed E-state index contributed by atoms with van der Waals surface area (Å²) in [5.41, 5.74) is 0.961. The zero-order valence-corrected chi connectivity index (χ0v) is 31.4. The van der Waals surface area contributed by atoms with Gasteiger partial charge in [0.15, 0.2) is 0 Å². The predicted molar refractivity (Wildman–Crippen MR) is 189 cm³/mol. The van der Waals surface area contributed by atoms with Crippen molar-refractivity contribution >= 4 is 46.2 Å². The first-order valence-electron chi connectivity index (χ1n) is 15.3. The Morgan fingerprint density at radius 1 is 0.900 bits per heavy atom. The van der Waals surface area contributed by atoms with Crippen LogP contribution >= 0.6 is 0 Å². The van der Waals surface area contributed by atoms with Crippen molar-refractivity contribution in [3.63, 3.8) is 0 Å². The van der Waals surface area contributed by atoms with Crippen LogP contribution in [0.5, 0.6) is 0 Å². The Morgan fingerprint density at radius 2 is 1.46 bits per heavy atom. The lowest BCUT2D eigenvalue weighted by molar-refractivity contribution is 0.206. The third-order valence-electron chi connectivity index (χ3n) is 9.05. The summed E-state index contributed by atoms with van der Waals surface area (Å²) in [4.78, 5) is 1.12. The van der Waals surface area contributed by atoms with Crippen molar-refractivity contribution in [2.24, 2.45) is 0 Å². The third-order valence-corrected chi connectivity index (χ3v) is 12.4. The van der Waals surface area contributed by atoms with E-state index in [1.807, 2.05) is 4.90 Å². The number of allylic oxidation sites excluding steroid dienone is 5. The lowest BCUT2D eigenvalue weighted by atomic mass is 9.71. The van der Waals surface area contributed by atoms with Crippen LogP contribution in [0.4, 0.5) is 5.69 Å². The van der Waals surface area contributed by atoms with E-state index < -0.39 is 62.8 Å². The van der Waals surface area contributed by atoms with Gasteiger partial charge in [0.25, 0.3) is 40.5 Å². The van der Waals surface area contributed by atoms with Gasteiger partial charge in [-0.1, -0.05) is 31.7 Å². The molecular weight excluding hydrogens is 735 g/mol. The Balaban J connectivity index is 2.19. The largest absolute Gasteiger partial charge is 0.383 e. The molecule has 2 aromatic rings. The molecule has 1 aliphatic rings. The minimum Gasteiger partial charge on any atom is -0.383 e. The first-order chi connectivity index (χ1) is 22.8. The van der Waals surface area contributed by atoms with E-state index in [0.717, 1.165) is 0 Å². The number of ether oxygens (including phenoxy) is 1. The lowest BCUT2D eigenvalue weighted by Gasteiger charge is -2.33. The summed E-state index contributed by atoms with van der Waals surface area (Å²) < 4.78 is 138. The van der Waals surface area contributed by atoms with Crippen molar-refractivity contribution in [1.29, 1.82) is 0 Å². The molecule has 4 N–H and O–H groups in total. The molecule has 0 saturated carbocycles. The molecule has 2 unspecified atom stereocenters. The molecule has 0 amide bonds. The van der Waals surface area contributed by atoms with Crippen molar-refractivity contribution in [1.82, 2.24) is 0 Å². The average molecular weight is 778 g/mol. The van der Waals surface area contributed by atoms with E-state index in [1.165, 1.54) is 43.5 Å². The van der Waals surface area contributed by atoms with Gasteiger partial charge in [-0.15, -0.1) is 0 Å². The van der Waals surface area contributed by atoms with E-state index in [1.54, 1.807) is 39.0 Å². The van der Waals surface area contributed by atoms with Crippen molar-refractivity contribution in [2.75, 3.05) is 36.7 Å². The van der Waals surface area contributed by atoms with E-state index in [2.05, 4.69) is 6.58 Å². The quantitative estimate of drug-likeness (QED) is 0.128. The highest BCUT2D eigenvalue weighted by molar-refractivity contribution is 7.86. The average Bonchev–Trinajstić information content (AvgIpc) is 3.20. The van der Waals surface area contributed by atoms with Gasteiger partial charge in [0.2, 0.25) is 0 Å². The monoisotopic (exact) mass is 777 g/mol. The van der Waals surface area contributed by atoms with Gasteiger partial charge in [0, 0.05) is 35.9 Å². The zero-order chi connectivity index (χ0) is 37.9. The number of benzene rings is 2. The first-order valence-corrected chi connectivity index (χ1v) is 21.4. The van der Waals surface area contributed by atoms with Crippen molar-refractivity contribution < 1.29 is 56.6 Å². The van der Waals surface area contributed by atoms with Gasteiger partial charge in [0.1, 0.15) is 0 Å². The van der Waals surface area contributed by atoms with Crippen LogP contribution in [0.3, 0.4) is 0 Å². The van der Waals surface area contributed by atoms with Gasteiger partial charge in [-0.3, -0.25) is 18.2 Å². The summed E-state index contributed by atoms with van der Waals surface area (Å²) in [7, 11) is -16.3. The van der Waals surface area contributed by atoms with Crippen molar-refractivity contribution in [3.8, 4) is 0 Å². The second kappa shape index (κ2) is 15.3. The molecule has 14 nitrogen and oxygen atoms in total. The van der Waals surface area contributed by atoms with Crippen LogP contribution in [0.15, 0.2) is 82.3 Å². The smallest absolute Gasteiger partial charge is 0.294 e. The molecule has 2 atom stereocenters. The number of fused-ring (bicyclic) bond motifs is 1. The predicted octanol–water partition coefficient (Wildman–Crippen LogP) is 4.50. The van der Waals surface area contributed by atoms with Gasteiger partial charge in [0.05, 0.1) is 27.9 Å². The van der Waals surface area contributed by atoms with Crippen LogP contribution in [0, 0.1) is 6.92 Å². The summed E-state index contributed by atoms with van der Waals surface area (Å²) in [5, 5.41) is 0. The number of methoxy groups -OCH3 is 1. The molecule has 3 rings (SSSR count). The van der Waals surface area contributed by atoms with Crippen LogP contribution in [0.1, 0.15) is 56.2 Å². The summed E-state index contributed by atoms with van der Waals surface area (Å²) in [6, 6.07) is 8.11. The van der Waals surface area contributed by atoms with Crippen LogP contribution in [0.2, 0.25) is 0 Å². The van der Waals surface area contributed by atoms with Crippen LogP contribution in [-0.4, -0.2) is 83.6 Å².